The van der Waals surface area contributed by atoms with Gasteiger partial charge in [-0.15, -0.1) is 11.3 Å². The molecule has 0 spiro atoms. The standard InChI is InChI=1S/C29H39N9OS.C2H6/c1-18(2)13-37(14-25(30)31)15-29(3,4)28(39)38-9-7-19(8-10-38)23-12-21-26(32-16-33-27(21)36-23)35-20-5-6-22-24(11-20)40-17-34-22;1-2/h5-7,11-12,16-18,25H,8-10,13-15,30-31H2,1-4H3,(H2,32,33,35,36);1-2H3. The first-order chi connectivity index (χ1) is 20.1. The summed E-state index contributed by atoms with van der Waals surface area (Å²) < 4.78 is 1.12. The van der Waals surface area contributed by atoms with Crippen LogP contribution in [0.15, 0.2) is 42.2 Å². The minimum absolute atomic E-state index is 0.147. The summed E-state index contributed by atoms with van der Waals surface area (Å²) in [5, 5.41) is 4.36. The lowest BCUT2D eigenvalue weighted by molar-refractivity contribution is -0.141. The third-order valence-corrected chi connectivity index (χ3v) is 7.94. The largest absolute Gasteiger partial charge is 0.340 e. The van der Waals surface area contributed by atoms with E-state index in [9.17, 15) is 4.79 Å². The molecule has 11 heteroatoms. The van der Waals surface area contributed by atoms with Crippen molar-refractivity contribution in [3.63, 3.8) is 0 Å². The van der Waals surface area contributed by atoms with Crippen molar-refractivity contribution in [1.82, 2.24) is 29.7 Å². The summed E-state index contributed by atoms with van der Waals surface area (Å²) in [7, 11) is 0. The van der Waals surface area contributed by atoms with Crippen LogP contribution in [0.5, 0.6) is 0 Å². The van der Waals surface area contributed by atoms with Gasteiger partial charge in [0.05, 0.1) is 32.7 Å². The van der Waals surface area contributed by atoms with Gasteiger partial charge in [0.15, 0.2) is 0 Å². The Bertz CT molecular complexity index is 1510. The number of hydrogen-bond donors (Lipinski definition) is 4. The van der Waals surface area contributed by atoms with Gasteiger partial charge in [-0.2, -0.15) is 0 Å². The highest BCUT2D eigenvalue weighted by atomic mass is 32.1. The molecule has 5 rings (SSSR count). The molecule has 1 aliphatic rings. The lowest BCUT2D eigenvalue weighted by Gasteiger charge is -2.38. The topological polar surface area (TPSA) is 142 Å². The number of nitrogens with two attached hydrogens (primary N) is 2. The van der Waals surface area contributed by atoms with Gasteiger partial charge >= 0.3 is 0 Å². The highest BCUT2D eigenvalue weighted by molar-refractivity contribution is 7.16. The van der Waals surface area contributed by atoms with Crippen LogP contribution in [0.25, 0.3) is 26.8 Å². The number of benzene rings is 1. The molecule has 3 aromatic heterocycles. The van der Waals surface area contributed by atoms with Gasteiger partial charge < -0.3 is 26.7 Å². The van der Waals surface area contributed by atoms with Crippen LogP contribution in [0, 0.1) is 11.3 Å². The molecule has 0 radical (unpaired) electrons. The molecule has 0 fully saturated rings. The van der Waals surface area contributed by atoms with Crippen LogP contribution in [0.3, 0.4) is 0 Å². The van der Waals surface area contributed by atoms with E-state index in [-0.39, 0.29) is 5.91 Å². The van der Waals surface area contributed by atoms with Crippen LogP contribution < -0.4 is 16.8 Å². The Balaban J connectivity index is 0.00000198. The molecule has 1 aliphatic heterocycles. The molecular weight excluding hydrogens is 546 g/mol. The van der Waals surface area contributed by atoms with Crippen molar-refractivity contribution in [1.29, 1.82) is 0 Å². The highest BCUT2D eigenvalue weighted by Crippen LogP contribution is 2.31. The third-order valence-electron chi connectivity index (χ3n) is 7.15. The van der Waals surface area contributed by atoms with E-state index in [4.69, 9.17) is 11.5 Å². The first-order valence-electron chi connectivity index (χ1n) is 14.8. The smallest absolute Gasteiger partial charge is 0.229 e. The zero-order valence-corrected chi connectivity index (χ0v) is 26.5. The summed E-state index contributed by atoms with van der Waals surface area (Å²) in [4.78, 5) is 34.5. The van der Waals surface area contributed by atoms with Gasteiger partial charge in [0.1, 0.15) is 17.8 Å². The second-order valence-corrected chi connectivity index (χ2v) is 12.6. The van der Waals surface area contributed by atoms with E-state index < -0.39 is 11.6 Å². The summed E-state index contributed by atoms with van der Waals surface area (Å²) in [6, 6.07) is 8.19. The molecule has 226 valence electrons. The minimum atomic E-state index is -0.547. The number of carbonyl (C=O) groups is 1. The zero-order valence-electron chi connectivity index (χ0n) is 25.6. The van der Waals surface area contributed by atoms with Gasteiger partial charge in [0, 0.05) is 44.1 Å². The predicted octanol–water partition coefficient (Wildman–Crippen LogP) is 5.18. The summed E-state index contributed by atoms with van der Waals surface area (Å²) >= 11 is 1.61. The average Bonchev–Trinajstić information content (AvgIpc) is 3.60. The van der Waals surface area contributed by atoms with E-state index in [0.717, 1.165) is 51.4 Å². The normalized spacial score (nSPS) is 14.1. The van der Waals surface area contributed by atoms with Gasteiger partial charge in [-0.25, -0.2) is 15.0 Å². The van der Waals surface area contributed by atoms with Crippen LogP contribution in [-0.4, -0.2) is 74.5 Å². The molecule has 0 bridgehead atoms. The van der Waals surface area contributed by atoms with E-state index >= 15 is 0 Å². The number of fused-ring (bicyclic) bond motifs is 2. The van der Waals surface area contributed by atoms with E-state index in [1.165, 1.54) is 5.57 Å². The molecule has 0 atom stereocenters. The molecular formula is C31H45N9OS. The average molecular weight is 592 g/mol. The lowest BCUT2D eigenvalue weighted by Crippen LogP contribution is -2.52. The number of aromatic amines is 1. The molecule has 0 aliphatic carbocycles. The van der Waals surface area contributed by atoms with Crippen LogP contribution in [0.1, 0.15) is 53.7 Å². The van der Waals surface area contributed by atoms with Crippen molar-refractivity contribution >= 4 is 55.6 Å². The number of carbonyl (C=O) groups excluding carboxylic acids is 1. The molecule has 0 saturated heterocycles. The monoisotopic (exact) mass is 591 g/mol. The number of thiazole rings is 1. The Morgan fingerprint density at radius 3 is 2.64 bits per heavy atom. The Morgan fingerprint density at radius 1 is 1.17 bits per heavy atom. The molecule has 10 nitrogen and oxygen atoms in total. The number of hydrogen-bond acceptors (Lipinski definition) is 9. The first kappa shape index (κ1) is 31.6. The third kappa shape index (κ3) is 7.52. The van der Waals surface area contributed by atoms with Crippen molar-refractivity contribution in [2.45, 2.75) is 54.1 Å². The fourth-order valence-electron chi connectivity index (χ4n) is 5.45. The number of anilines is 2. The molecule has 42 heavy (non-hydrogen) atoms. The van der Waals surface area contributed by atoms with Gasteiger partial charge in [-0.05, 0) is 56.0 Å². The molecule has 4 aromatic rings. The number of rotatable bonds is 10. The minimum Gasteiger partial charge on any atom is -0.340 e. The molecule has 6 N–H and O–H groups in total. The predicted molar refractivity (Wildman–Crippen MR) is 175 cm³/mol. The van der Waals surface area contributed by atoms with E-state index in [1.807, 2.05) is 50.2 Å². The maximum absolute atomic E-state index is 13.6. The van der Waals surface area contributed by atoms with Crippen LogP contribution >= 0.6 is 11.3 Å². The maximum atomic E-state index is 13.6. The van der Waals surface area contributed by atoms with Crippen molar-refractivity contribution in [3.8, 4) is 0 Å². The molecule has 0 unspecified atom stereocenters. The number of nitrogens with one attached hydrogen (secondary N) is 2. The Morgan fingerprint density at radius 2 is 1.95 bits per heavy atom. The van der Waals surface area contributed by atoms with Gasteiger partial charge in [0.25, 0.3) is 0 Å². The molecule has 1 aromatic carbocycles. The van der Waals surface area contributed by atoms with E-state index in [1.54, 1.807) is 17.7 Å². The van der Waals surface area contributed by atoms with Crippen molar-refractivity contribution in [2.75, 3.05) is 38.0 Å². The maximum Gasteiger partial charge on any atom is 0.229 e. The van der Waals surface area contributed by atoms with Crippen LogP contribution in [-0.2, 0) is 4.79 Å². The summed E-state index contributed by atoms with van der Waals surface area (Å²) in [5.74, 6) is 1.35. The Labute approximate surface area is 252 Å². The highest BCUT2D eigenvalue weighted by Gasteiger charge is 2.35. The molecule has 1 amide bonds. The van der Waals surface area contributed by atoms with Gasteiger partial charge in [0.2, 0.25) is 5.91 Å². The molecule has 0 saturated carbocycles. The lowest BCUT2D eigenvalue weighted by atomic mass is 9.89. The second-order valence-electron chi connectivity index (χ2n) is 11.7. The van der Waals surface area contributed by atoms with Crippen molar-refractivity contribution in [2.24, 2.45) is 22.8 Å². The summed E-state index contributed by atoms with van der Waals surface area (Å²) in [5.41, 5.74) is 18.0. The number of amides is 1. The van der Waals surface area contributed by atoms with Gasteiger partial charge in [-0.1, -0.05) is 33.8 Å². The van der Waals surface area contributed by atoms with Crippen LogP contribution in [0.2, 0.25) is 0 Å². The fourth-order valence-corrected chi connectivity index (χ4v) is 6.17. The fraction of sp³-hybridized carbons (Fsp3) is 0.484. The summed E-state index contributed by atoms with van der Waals surface area (Å²) in [6.45, 7) is 15.6. The molecule has 4 heterocycles. The number of nitrogens with zero attached hydrogens (tertiary/aromatic N) is 5. The van der Waals surface area contributed by atoms with Crippen molar-refractivity contribution < 1.29 is 4.79 Å². The summed E-state index contributed by atoms with van der Waals surface area (Å²) in [6.07, 6.45) is 4.04. The van der Waals surface area contributed by atoms with Crippen molar-refractivity contribution in [3.05, 3.63) is 47.9 Å². The second kappa shape index (κ2) is 13.7. The number of H-pyrrole nitrogens is 1. The van der Waals surface area contributed by atoms with Gasteiger partial charge in [-0.3, -0.25) is 9.69 Å². The quantitative estimate of drug-likeness (QED) is 0.185. The zero-order chi connectivity index (χ0) is 30.4. The Kier molecular flexibility index (Phi) is 10.3. The number of aromatic nitrogens is 4. The van der Waals surface area contributed by atoms with E-state index in [2.05, 4.69) is 62.2 Å². The van der Waals surface area contributed by atoms with E-state index in [0.29, 0.717) is 32.1 Å². The first-order valence-corrected chi connectivity index (χ1v) is 15.6. The SMILES string of the molecule is CC.CC(C)CN(CC(N)N)CC(C)(C)C(=O)N1CC=C(c2cc3c(Nc4ccc5ncsc5c4)ncnc3[nH]2)CC1. The Hall–Kier alpha value is -3.38. The van der Waals surface area contributed by atoms with Crippen LogP contribution in [0.4, 0.5) is 11.5 Å².